The number of fused-ring (bicyclic) bond motifs is 1. The van der Waals surface area contributed by atoms with Gasteiger partial charge in [0.2, 0.25) is 0 Å². The van der Waals surface area contributed by atoms with E-state index in [-0.39, 0.29) is 16.9 Å². The highest BCUT2D eigenvalue weighted by molar-refractivity contribution is 8.14. The molecule has 1 aromatic rings. The van der Waals surface area contributed by atoms with Crippen LogP contribution in [0.3, 0.4) is 0 Å². The first-order valence-corrected chi connectivity index (χ1v) is 9.17. The Balaban J connectivity index is 2.03. The van der Waals surface area contributed by atoms with Gasteiger partial charge in [0.25, 0.3) is 17.8 Å². The van der Waals surface area contributed by atoms with Gasteiger partial charge in [-0.3, -0.25) is 19.4 Å². The maximum Gasteiger partial charge on any atom is 0.358 e. The van der Waals surface area contributed by atoms with Gasteiger partial charge in [0, 0.05) is 14.1 Å². The lowest BCUT2D eigenvalue weighted by atomic mass is 10.1. The van der Waals surface area contributed by atoms with Crippen LogP contribution in [0.15, 0.2) is 35.3 Å². The highest BCUT2D eigenvalue weighted by Gasteiger charge is 2.53. The number of rotatable bonds is 4. The van der Waals surface area contributed by atoms with E-state index in [4.69, 9.17) is 0 Å². The highest BCUT2D eigenvalue weighted by atomic mass is 32.2. The monoisotopic (exact) mass is 373 g/mol. The molecule has 0 saturated carbocycles. The third-order valence-corrected chi connectivity index (χ3v) is 5.77. The number of benzene rings is 1. The molecule has 2 aliphatic rings. The molecule has 0 spiro atoms. The Morgan fingerprint density at radius 3 is 2.50 bits per heavy atom. The van der Waals surface area contributed by atoms with Gasteiger partial charge in [-0.25, -0.2) is 9.37 Å². The quantitative estimate of drug-likeness (QED) is 0.751. The first kappa shape index (κ1) is 18.3. The van der Waals surface area contributed by atoms with Crippen LogP contribution >= 0.6 is 11.8 Å². The van der Waals surface area contributed by atoms with Crippen LogP contribution in [-0.4, -0.2) is 68.5 Å². The number of thioether (sulfide) groups is 1. The number of likely N-dealkylation sites (N-methyl/N-ethyl adjacent to an activating group) is 2. The summed E-state index contributed by atoms with van der Waals surface area (Å²) in [5.41, 5.74) is 1.02. The molecule has 2 heterocycles. The molecule has 0 N–H and O–H groups in total. The van der Waals surface area contributed by atoms with Crippen molar-refractivity contribution < 1.29 is 19.0 Å². The SMILES string of the molecule is CC(=O)C(C)SC1=[N+](Cc2ccccc2)C2C(=O)N(C)C(=O)N(C)C2=N1. The lowest BCUT2D eigenvalue weighted by molar-refractivity contribution is -0.548. The number of aliphatic imine (C=N–C) groups is 1. The molecule has 1 aromatic carbocycles. The third kappa shape index (κ3) is 3.16. The Labute approximate surface area is 156 Å². The molecule has 0 bridgehead atoms. The summed E-state index contributed by atoms with van der Waals surface area (Å²) < 4.78 is 1.87. The van der Waals surface area contributed by atoms with E-state index < -0.39 is 12.1 Å². The number of ketones is 1. The molecule has 7 nitrogen and oxygen atoms in total. The minimum atomic E-state index is -0.662. The van der Waals surface area contributed by atoms with Gasteiger partial charge in [0.1, 0.15) is 12.3 Å². The first-order valence-electron chi connectivity index (χ1n) is 8.29. The molecular formula is C18H21N4O3S+. The van der Waals surface area contributed by atoms with Gasteiger partial charge >= 0.3 is 11.2 Å². The largest absolute Gasteiger partial charge is 0.358 e. The second-order valence-corrected chi connectivity index (χ2v) is 7.69. The molecule has 1 saturated heterocycles. The summed E-state index contributed by atoms with van der Waals surface area (Å²) in [6.45, 7) is 3.81. The first-order chi connectivity index (χ1) is 12.3. The summed E-state index contributed by atoms with van der Waals surface area (Å²) in [7, 11) is 3.09. The van der Waals surface area contributed by atoms with Gasteiger partial charge in [0.15, 0.2) is 0 Å². The van der Waals surface area contributed by atoms with Crippen molar-refractivity contribution in [1.29, 1.82) is 0 Å². The van der Waals surface area contributed by atoms with E-state index in [9.17, 15) is 14.4 Å². The molecule has 2 atom stereocenters. The highest BCUT2D eigenvalue weighted by Crippen LogP contribution is 2.26. The fourth-order valence-corrected chi connectivity index (χ4v) is 3.78. The van der Waals surface area contributed by atoms with E-state index in [0.29, 0.717) is 17.5 Å². The molecule has 26 heavy (non-hydrogen) atoms. The van der Waals surface area contributed by atoms with Crippen LogP contribution in [0.4, 0.5) is 4.79 Å². The summed E-state index contributed by atoms with van der Waals surface area (Å²) >= 11 is 1.31. The molecule has 0 aliphatic carbocycles. The van der Waals surface area contributed by atoms with E-state index in [0.717, 1.165) is 10.5 Å². The van der Waals surface area contributed by atoms with Gasteiger partial charge < -0.3 is 0 Å². The second-order valence-electron chi connectivity index (χ2n) is 6.38. The van der Waals surface area contributed by atoms with Crippen molar-refractivity contribution >= 4 is 40.5 Å². The molecular weight excluding hydrogens is 352 g/mol. The van der Waals surface area contributed by atoms with Crippen molar-refractivity contribution in [2.45, 2.75) is 31.7 Å². The Hall–Kier alpha value is -2.48. The van der Waals surface area contributed by atoms with Crippen molar-refractivity contribution in [1.82, 2.24) is 9.80 Å². The predicted octanol–water partition coefficient (Wildman–Crippen LogP) is 1.57. The number of carbonyl (C=O) groups is 3. The van der Waals surface area contributed by atoms with Crippen LogP contribution in [0.1, 0.15) is 19.4 Å². The van der Waals surface area contributed by atoms with Crippen molar-refractivity contribution in [3.05, 3.63) is 35.9 Å². The van der Waals surface area contributed by atoms with E-state index in [1.807, 2.05) is 41.8 Å². The third-order valence-electron chi connectivity index (χ3n) is 4.54. The number of carbonyl (C=O) groups excluding carboxylic acids is 3. The number of amidine groups is 2. The van der Waals surface area contributed by atoms with Crippen LogP contribution < -0.4 is 0 Å². The minimum Gasteiger partial charge on any atom is -0.299 e. The average molecular weight is 373 g/mol. The number of amides is 3. The van der Waals surface area contributed by atoms with Gasteiger partial charge in [-0.2, -0.15) is 0 Å². The van der Waals surface area contributed by atoms with Gasteiger partial charge in [-0.15, -0.1) is 0 Å². The fourth-order valence-electron chi connectivity index (χ4n) is 2.85. The number of hydrogen-bond acceptors (Lipinski definition) is 5. The number of Topliss-reactive ketones (excluding diaryl/α,β-unsaturated/α-hetero) is 1. The Morgan fingerprint density at radius 1 is 1.23 bits per heavy atom. The number of nitrogens with zero attached hydrogens (tertiary/aromatic N) is 4. The van der Waals surface area contributed by atoms with Crippen LogP contribution in [-0.2, 0) is 16.1 Å². The maximum atomic E-state index is 12.8. The zero-order valence-corrected chi connectivity index (χ0v) is 16.0. The lowest BCUT2D eigenvalue weighted by Crippen LogP contribution is -2.61. The van der Waals surface area contributed by atoms with E-state index in [1.54, 1.807) is 7.05 Å². The molecule has 1 fully saturated rings. The predicted molar refractivity (Wildman–Crippen MR) is 100 cm³/mol. The van der Waals surface area contributed by atoms with E-state index >= 15 is 0 Å². The molecule has 3 rings (SSSR count). The summed E-state index contributed by atoms with van der Waals surface area (Å²) in [6.07, 6.45) is 0. The smallest absolute Gasteiger partial charge is 0.299 e. The van der Waals surface area contributed by atoms with Crippen molar-refractivity contribution in [3.63, 3.8) is 0 Å². The van der Waals surface area contributed by atoms with Gasteiger partial charge in [0.05, 0.1) is 5.25 Å². The molecule has 0 aromatic heterocycles. The minimum absolute atomic E-state index is 0.0325. The zero-order chi connectivity index (χ0) is 19.0. The number of hydrogen-bond donors (Lipinski definition) is 0. The summed E-state index contributed by atoms with van der Waals surface area (Å²) in [4.78, 5) is 43.8. The van der Waals surface area contributed by atoms with E-state index in [1.165, 1.54) is 30.6 Å². The van der Waals surface area contributed by atoms with Crippen molar-refractivity contribution in [2.24, 2.45) is 4.99 Å². The molecule has 2 aliphatic heterocycles. The molecule has 8 heteroatoms. The van der Waals surface area contributed by atoms with Crippen LogP contribution in [0.25, 0.3) is 0 Å². The summed E-state index contributed by atoms with van der Waals surface area (Å²) in [6, 6.07) is 8.67. The summed E-state index contributed by atoms with van der Waals surface area (Å²) in [5.74, 6) is 0.131. The van der Waals surface area contributed by atoms with Crippen LogP contribution in [0.2, 0.25) is 0 Å². The van der Waals surface area contributed by atoms with Crippen LogP contribution in [0.5, 0.6) is 0 Å². The topological polar surface area (TPSA) is 73.1 Å². The normalized spacial score (nSPS) is 21.1. The summed E-state index contributed by atoms with van der Waals surface area (Å²) in [5, 5.41) is 0.293. The standard InChI is InChI=1S/C18H21N4O3S/c1-11(23)12(2)26-17-19-15-14(16(24)21(4)18(25)20(15)3)22(17)10-13-8-6-5-7-9-13/h5-9,12,14H,10H2,1-4H3/q+1. The lowest BCUT2D eigenvalue weighted by Gasteiger charge is -2.30. The Bertz CT molecular complexity index is 834. The number of imide groups is 1. The second kappa shape index (κ2) is 7.03. The van der Waals surface area contributed by atoms with Gasteiger partial charge in [-0.05, 0) is 36.2 Å². The van der Waals surface area contributed by atoms with Gasteiger partial charge in [-0.1, -0.05) is 30.3 Å². The number of urea groups is 1. The van der Waals surface area contributed by atoms with Crippen molar-refractivity contribution in [3.8, 4) is 0 Å². The fraction of sp³-hybridized carbons (Fsp3) is 0.389. The zero-order valence-electron chi connectivity index (χ0n) is 15.2. The molecule has 136 valence electrons. The maximum absolute atomic E-state index is 12.8. The van der Waals surface area contributed by atoms with E-state index in [2.05, 4.69) is 4.99 Å². The average Bonchev–Trinajstić information content (AvgIpc) is 2.97. The Kier molecular flexibility index (Phi) is 4.95. The molecule has 3 amide bonds. The Morgan fingerprint density at radius 2 is 1.88 bits per heavy atom. The molecule has 2 unspecified atom stereocenters. The molecule has 0 radical (unpaired) electrons. The van der Waals surface area contributed by atoms with Crippen molar-refractivity contribution in [2.75, 3.05) is 14.1 Å². The van der Waals surface area contributed by atoms with Crippen LogP contribution in [0, 0.1) is 0 Å².